The van der Waals surface area contributed by atoms with E-state index in [9.17, 15) is 19.6 Å². The molecule has 2 aromatic rings. The number of aryl methyl sites for hydroxylation is 2. The van der Waals surface area contributed by atoms with Gasteiger partial charge in [0.25, 0.3) is 0 Å². The van der Waals surface area contributed by atoms with Crippen molar-refractivity contribution in [1.82, 2.24) is 0 Å². The first-order valence-corrected chi connectivity index (χ1v) is 39.7. The molecule has 8 heteroatoms. The fourth-order valence-corrected chi connectivity index (χ4v) is 15.2. The van der Waals surface area contributed by atoms with Crippen molar-refractivity contribution >= 4 is 17.2 Å². The van der Waals surface area contributed by atoms with Crippen LogP contribution in [-0.2, 0) is 16.2 Å². The highest BCUT2D eigenvalue weighted by molar-refractivity contribution is 7.40. The zero-order chi connectivity index (χ0) is 63.4. The average molecular weight is 1240 g/mol. The molecule has 0 fully saturated rings. The maximum absolute atomic E-state index is 10.5. The van der Waals surface area contributed by atoms with E-state index in [-0.39, 0.29) is 16.2 Å². The van der Waals surface area contributed by atoms with Crippen LogP contribution in [0.4, 0.5) is 0 Å². The summed E-state index contributed by atoms with van der Waals surface area (Å²) in [6, 6.07) is 9.12. The zero-order valence-corrected chi connectivity index (χ0v) is 61.0. The van der Waals surface area contributed by atoms with Gasteiger partial charge in [-0.05, 0) is 103 Å². The Morgan fingerprint density at radius 3 is 0.721 bits per heavy atom. The van der Waals surface area contributed by atoms with Gasteiger partial charge in [0.1, 0.15) is 11.5 Å². The third-order valence-electron chi connectivity index (χ3n) is 19.9. The van der Waals surface area contributed by atoms with Gasteiger partial charge in [-0.25, -0.2) is 0 Å². The number of hydrogen-bond donors (Lipinski definition) is 4. The maximum atomic E-state index is 10.5. The summed E-state index contributed by atoms with van der Waals surface area (Å²) in [5.41, 5.74) is 6.09. The number of benzene rings is 2. The molecular weight excluding hydrogens is 1090 g/mol. The van der Waals surface area contributed by atoms with Gasteiger partial charge in [0.2, 0.25) is 0 Å². The molecule has 86 heavy (non-hydrogen) atoms. The van der Waals surface area contributed by atoms with Crippen LogP contribution < -0.4 is 9.05 Å². The van der Waals surface area contributed by atoms with E-state index in [0.29, 0.717) is 11.5 Å². The monoisotopic (exact) mass is 1240 g/mol. The van der Waals surface area contributed by atoms with Crippen LogP contribution in [0.25, 0.3) is 0 Å². The van der Waals surface area contributed by atoms with Crippen molar-refractivity contribution in [2.75, 3.05) is 0 Å². The lowest BCUT2D eigenvalue weighted by molar-refractivity contribution is 0.158. The van der Waals surface area contributed by atoms with Crippen LogP contribution in [0, 0.1) is 19.3 Å². The number of unbranched alkanes of at least 4 members (excludes halogenated alkanes) is 40. The van der Waals surface area contributed by atoms with E-state index < -0.39 is 22.6 Å². The second kappa shape index (κ2) is 48.5. The summed E-state index contributed by atoms with van der Waals surface area (Å²) in [6.07, 6.45) is 66.4. The van der Waals surface area contributed by atoms with Crippen LogP contribution in [-0.4, -0.2) is 19.6 Å². The van der Waals surface area contributed by atoms with Crippen molar-refractivity contribution in [2.45, 2.75) is 420 Å². The summed E-state index contributed by atoms with van der Waals surface area (Å²) in [5.74, 6) is 1.12. The fourth-order valence-electron chi connectivity index (χ4n) is 14.5. The smallest absolute Gasteiger partial charge is 0.391 e. The molecule has 0 saturated carbocycles. The predicted octanol–water partition coefficient (Wildman–Crippen LogP) is 26.9. The molecule has 0 bridgehead atoms. The Balaban J connectivity index is 2.90. The summed E-state index contributed by atoms with van der Waals surface area (Å²) in [5, 5.41) is 0. The second-order valence-corrected chi connectivity index (χ2v) is 31.1. The Morgan fingerprint density at radius 2 is 0.500 bits per heavy atom. The van der Waals surface area contributed by atoms with E-state index in [1.165, 1.54) is 313 Å². The second-order valence-electron chi connectivity index (χ2n) is 29.7. The lowest BCUT2D eigenvalue weighted by atomic mass is 9.60. The van der Waals surface area contributed by atoms with Gasteiger partial charge >= 0.3 is 17.2 Å². The molecule has 502 valence electrons. The largest absolute Gasteiger partial charge is 0.427 e. The molecule has 0 saturated heterocycles. The molecule has 0 aromatic heterocycles. The van der Waals surface area contributed by atoms with Gasteiger partial charge in [-0.2, -0.15) is 0 Å². The lowest BCUT2D eigenvalue weighted by Crippen LogP contribution is -2.34. The Hall–Kier alpha value is -1.26. The normalized spacial score (nSPS) is 12.6. The molecule has 0 unspecified atom stereocenters. The Kier molecular flexibility index (Phi) is 45.6. The molecule has 4 N–H and O–H groups in total. The van der Waals surface area contributed by atoms with Crippen LogP contribution in [0.2, 0.25) is 0 Å². The molecule has 0 spiro atoms. The molecule has 0 aliphatic carbocycles. The molecular formula is C78H144O6P2. The lowest BCUT2D eigenvalue weighted by Gasteiger charge is -2.44. The van der Waals surface area contributed by atoms with Gasteiger partial charge in [0.15, 0.2) is 0 Å². The Morgan fingerprint density at radius 1 is 0.279 bits per heavy atom. The SMILES string of the molecule is CCCCCCCCCCCCCC(CCCCCCCCCCCCC)(CCCCCCCCCCCCC)CCC(CCCCCCCCCCCCC)(c1cc(C(C)(C)C)c(OP(O)O)cc1C)c1cc(C(C)(C)C)c(OP(O)O)cc1C. The van der Waals surface area contributed by atoms with Crippen LogP contribution in [0.1, 0.15) is 424 Å². The topological polar surface area (TPSA) is 99.4 Å². The predicted molar refractivity (Wildman–Crippen MR) is 380 cm³/mol. The average Bonchev–Trinajstić information content (AvgIpc) is 0.793. The van der Waals surface area contributed by atoms with E-state index in [1.54, 1.807) is 0 Å². The standard InChI is InChI=1S/C78H144O6P2/c1-13-17-21-25-29-33-37-41-45-49-53-57-77(58-54-50-46-42-38-34-30-26-22-18-14-2,59-55-51-47-43-39-35-31-27-23-19-15-3)61-62-78(60-56-52-48-44-40-36-32-28-24-20-16-4,69-65-71(75(7,8)9)73(63-67(69)5)83-85(79)80)70-66-72(76(10,11)12)74(64-68(70)6)84-86(81)82/h63-66,79-82H,13-62H2,1-12H3. The minimum atomic E-state index is -2.61. The molecule has 0 heterocycles. The van der Waals surface area contributed by atoms with Crippen molar-refractivity contribution in [3.05, 3.63) is 57.6 Å². The van der Waals surface area contributed by atoms with Crippen LogP contribution in [0.15, 0.2) is 24.3 Å². The minimum Gasteiger partial charge on any atom is -0.427 e. The Bertz CT molecular complexity index is 1790. The number of hydrogen-bond acceptors (Lipinski definition) is 6. The highest BCUT2D eigenvalue weighted by Crippen LogP contribution is 2.54. The van der Waals surface area contributed by atoms with E-state index in [2.05, 4.69) is 107 Å². The van der Waals surface area contributed by atoms with Crippen molar-refractivity contribution in [2.24, 2.45) is 5.41 Å². The highest BCUT2D eigenvalue weighted by atomic mass is 31.2. The summed E-state index contributed by atoms with van der Waals surface area (Å²) < 4.78 is 12.0. The maximum Gasteiger partial charge on any atom is 0.391 e. The van der Waals surface area contributed by atoms with Crippen LogP contribution >= 0.6 is 17.2 Å². The van der Waals surface area contributed by atoms with Gasteiger partial charge in [-0.1, -0.05) is 364 Å². The zero-order valence-electron chi connectivity index (χ0n) is 59.2. The van der Waals surface area contributed by atoms with E-state index in [1.807, 2.05) is 0 Å². The fraction of sp³-hybridized carbons (Fsp3) is 0.846. The van der Waals surface area contributed by atoms with Crippen molar-refractivity contribution in [3.63, 3.8) is 0 Å². The molecule has 0 radical (unpaired) electrons. The summed E-state index contributed by atoms with van der Waals surface area (Å²) in [7, 11) is -5.23. The van der Waals surface area contributed by atoms with Gasteiger partial charge in [0, 0.05) is 16.5 Å². The Labute approximate surface area is 537 Å². The first-order chi connectivity index (χ1) is 41.3. The van der Waals surface area contributed by atoms with E-state index in [4.69, 9.17) is 9.05 Å². The third kappa shape index (κ3) is 35.0. The summed E-state index contributed by atoms with van der Waals surface area (Å²) in [4.78, 5) is 41.8. The molecule has 0 amide bonds. The molecule has 0 aliphatic heterocycles. The highest BCUT2D eigenvalue weighted by Gasteiger charge is 2.42. The van der Waals surface area contributed by atoms with Crippen molar-refractivity contribution in [3.8, 4) is 11.5 Å². The van der Waals surface area contributed by atoms with Crippen molar-refractivity contribution in [1.29, 1.82) is 0 Å². The first kappa shape index (κ1) is 80.8. The minimum absolute atomic E-state index is 0.223. The summed E-state index contributed by atoms with van der Waals surface area (Å²) >= 11 is 0. The molecule has 0 aliphatic rings. The van der Waals surface area contributed by atoms with E-state index >= 15 is 0 Å². The van der Waals surface area contributed by atoms with Gasteiger partial charge < -0.3 is 28.6 Å². The molecule has 2 rings (SSSR count). The van der Waals surface area contributed by atoms with E-state index in [0.717, 1.165) is 41.5 Å². The van der Waals surface area contributed by atoms with Gasteiger partial charge in [-0.15, -0.1) is 0 Å². The van der Waals surface area contributed by atoms with Crippen LogP contribution in [0.5, 0.6) is 11.5 Å². The summed E-state index contributed by atoms with van der Waals surface area (Å²) in [6.45, 7) is 27.1. The third-order valence-corrected chi connectivity index (χ3v) is 20.6. The van der Waals surface area contributed by atoms with Gasteiger partial charge in [-0.3, -0.25) is 0 Å². The number of rotatable bonds is 57. The molecule has 0 atom stereocenters. The quantitative estimate of drug-likeness (QED) is 0.0389. The molecule has 6 nitrogen and oxygen atoms in total. The van der Waals surface area contributed by atoms with Gasteiger partial charge in [0.05, 0.1) is 0 Å². The van der Waals surface area contributed by atoms with Crippen molar-refractivity contribution < 1.29 is 28.6 Å². The first-order valence-electron chi connectivity index (χ1n) is 37.3. The molecule has 2 aromatic carbocycles. The van der Waals surface area contributed by atoms with Crippen LogP contribution in [0.3, 0.4) is 0 Å².